The number of hydrogen-bond acceptors (Lipinski definition) is 3. The zero-order valence-electron chi connectivity index (χ0n) is 13.2. The van der Waals surface area contributed by atoms with Crippen LogP contribution in [0.2, 0.25) is 0 Å². The molecule has 1 aromatic rings. The van der Waals surface area contributed by atoms with Gasteiger partial charge in [-0.3, -0.25) is 0 Å². The van der Waals surface area contributed by atoms with Crippen molar-refractivity contribution in [3.8, 4) is 0 Å². The summed E-state index contributed by atoms with van der Waals surface area (Å²) in [5, 5.41) is 0. The molecule has 0 aliphatic carbocycles. The van der Waals surface area contributed by atoms with E-state index in [1.54, 1.807) is 4.90 Å². The van der Waals surface area contributed by atoms with Crippen molar-refractivity contribution in [2.45, 2.75) is 58.0 Å². The lowest BCUT2D eigenvalue weighted by Gasteiger charge is -2.28. The number of carbonyl (C=O) groups is 1. The van der Waals surface area contributed by atoms with Crippen LogP contribution in [-0.4, -0.2) is 29.2 Å². The van der Waals surface area contributed by atoms with Gasteiger partial charge in [-0.2, -0.15) is 0 Å². The first-order valence-electron chi connectivity index (χ1n) is 7.53. The van der Waals surface area contributed by atoms with Gasteiger partial charge in [0.25, 0.3) is 0 Å². The first-order valence-corrected chi connectivity index (χ1v) is 7.53. The van der Waals surface area contributed by atoms with Crippen molar-refractivity contribution in [3.63, 3.8) is 0 Å². The Kier molecular flexibility index (Phi) is 3.24. The third kappa shape index (κ3) is 2.53. The molecule has 1 saturated heterocycles. The van der Waals surface area contributed by atoms with Crippen LogP contribution in [0, 0.1) is 0 Å². The Labute approximate surface area is 126 Å². The normalized spacial score (nSPS) is 28.0. The molecule has 1 aromatic carbocycles. The van der Waals surface area contributed by atoms with Crippen LogP contribution < -0.4 is 0 Å². The summed E-state index contributed by atoms with van der Waals surface area (Å²) in [4.78, 5) is 14.2. The van der Waals surface area contributed by atoms with Gasteiger partial charge in [0.05, 0.1) is 13.2 Å². The number of benzene rings is 1. The molecule has 0 N–H and O–H groups in total. The highest BCUT2D eigenvalue weighted by atomic mass is 16.6. The SMILES string of the molecule is C[C@H]1CC2(CN1C(=O)OC(C)(C)C)OCc1ccccc12. The summed E-state index contributed by atoms with van der Waals surface area (Å²) >= 11 is 0. The van der Waals surface area contributed by atoms with Gasteiger partial charge in [-0.05, 0) is 38.8 Å². The smallest absolute Gasteiger partial charge is 0.410 e. The lowest BCUT2D eigenvalue weighted by molar-refractivity contribution is -0.0327. The van der Waals surface area contributed by atoms with E-state index < -0.39 is 5.60 Å². The van der Waals surface area contributed by atoms with Gasteiger partial charge >= 0.3 is 6.09 Å². The molecule has 2 aliphatic heterocycles. The molecule has 1 fully saturated rings. The molecular formula is C17H23NO3. The van der Waals surface area contributed by atoms with E-state index in [9.17, 15) is 4.79 Å². The summed E-state index contributed by atoms with van der Waals surface area (Å²) in [5.41, 5.74) is 1.63. The second-order valence-corrected chi connectivity index (χ2v) is 7.10. The number of likely N-dealkylation sites (tertiary alicyclic amines) is 1. The quantitative estimate of drug-likeness (QED) is 0.734. The number of carbonyl (C=O) groups excluding carboxylic acids is 1. The molecule has 0 bridgehead atoms. The fourth-order valence-corrected chi connectivity index (χ4v) is 3.33. The van der Waals surface area contributed by atoms with Crippen molar-refractivity contribution in [3.05, 3.63) is 35.4 Å². The van der Waals surface area contributed by atoms with Crippen LogP contribution in [0.1, 0.15) is 45.2 Å². The van der Waals surface area contributed by atoms with Crippen LogP contribution in [0.5, 0.6) is 0 Å². The van der Waals surface area contributed by atoms with Crippen LogP contribution >= 0.6 is 0 Å². The zero-order valence-corrected chi connectivity index (χ0v) is 13.2. The molecule has 114 valence electrons. The number of hydrogen-bond donors (Lipinski definition) is 0. The summed E-state index contributed by atoms with van der Waals surface area (Å²) in [6.07, 6.45) is 0.573. The average molecular weight is 289 g/mol. The first kappa shape index (κ1) is 14.4. The molecule has 0 aromatic heterocycles. The van der Waals surface area contributed by atoms with Gasteiger partial charge in [0, 0.05) is 12.5 Å². The summed E-state index contributed by atoms with van der Waals surface area (Å²) in [6.45, 7) is 8.93. The predicted octanol–water partition coefficient (Wildman–Crippen LogP) is 3.44. The van der Waals surface area contributed by atoms with Crippen LogP contribution in [0.15, 0.2) is 24.3 Å². The summed E-state index contributed by atoms with van der Waals surface area (Å²) < 4.78 is 11.6. The molecule has 2 atom stereocenters. The monoisotopic (exact) mass is 289 g/mol. The Hall–Kier alpha value is -1.55. The van der Waals surface area contributed by atoms with Gasteiger partial charge in [-0.25, -0.2) is 4.79 Å². The molecule has 2 heterocycles. The van der Waals surface area contributed by atoms with Gasteiger partial charge in [0.15, 0.2) is 0 Å². The van der Waals surface area contributed by atoms with Crippen molar-refractivity contribution in [2.75, 3.05) is 6.54 Å². The van der Waals surface area contributed by atoms with Gasteiger partial charge in [-0.15, -0.1) is 0 Å². The fourth-order valence-electron chi connectivity index (χ4n) is 3.33. The maximum atomic E-state index is 12.4. The van der Waals surface area contributed by atoms with Gasteiger partial charge in [0.2, 0.25) is 0 Å². The van der Waals surface area contributed by atoms with E-state index in [2.05, 4.69) is 19.1 Å². The van der Waals surface area contributed by atoms with Crippen LogP contribution in [0.3, 0.4) is 0 Å². The molecule has 1 amide bonds. The first-order chi connectivity index (χ1) is 9.81. The van der Waals surface area contributed by atoms with Crippen molar-refractivity contribution < 1.29 is 14.3 Å². The van der Waals surface area contributed by atoms with E-state index in [1.807, 2.05) is 32.9 Å². The van der Waals surface area contributed by atoms with E-state index >= 15 is 0 Å². The molecule has 21 heavy (non-hydrogen) atoms. The zero-order chi connectivity index (χ0) is 15.3. The lowest BCUT2D eigenvalue weighted by atomic mass is 9.90. The molecule has 4 nitrogen and oxygen atoms in total. The predicted molar refractivity (Wildman–Crippen MR) is 79.9 cm³/mol. The fraction of sp³-hybridized carbons (Fsp3) is 0.588. The Bertz CT molecular complexity index is 563. The number of nitrogens with zero attached hydrogens (tertiary/aromatic N) is 1. The number of fused-ring (bicyclic) bond motifs is 2. The number of rotatable bonds is 0. The Morgan fingerprint density at radius 3 is 2.81 bits per heavy atom. The third-order valence-corrected chi connectivity index (χ3v) is 4.22. The highest BCUT2D eigenvalue weighted by Gasteiger charge is 2.50. The molecule has 3 rings (SSSR count). The van der Waals surface area contributed by atoms with E-state index in [-0.39, 0.29) is 17.7 Å². The van der Waals surface area contributed by atoms with Crippen molar-refractivity contribution in [2.24, 2.45) is 0 Å². The highest BCUT2D eigenvalue weighted by Crippen LogP contribution is 2.45. The number of ether oxygens (including phenoxy) is 2. The third-order valence-electron chi connectivity index (χ3n) is 4.22. The topological polar surface area (TPSA) is 38.8 Å². The van der Waals surface area contributed by atoms with Gasteiger partial charge < -0.3 is 14.4 Å². The minimum Gasteiger partial charge on any atom is -0.444 e. The second-order valence-electron chi connectivity index (χ2n) is 7.10. The molecule has 1 unspecified atom stereocenters. The maximum absolute atomic E-state index is 12.4. The van der Waals surface area contributed by atoms with Crippen LogP contribution in [0.25, 0.3) is 0 Å². The van der Waals surface area contributed by atoms with Crippen molar-refractivity contribution in [1.82, 2.24) is 4.90 Å². The Morgan fingerprint density at radius 1 is 1.38 bits per heavy atom. The molecule has 0 saturated carbocycles. The van der Waals surface area contributed by atoms with Crippen molar-refractivity contribution in [1.29, 1.82) is 0 Å². The molecule has 1 spiro atoms. The lowest BCUT2D eigenvalue weighted by Crippen LogP contribution is -2.40. The van der Waals surface area contributed by atoms with Crippen molar-refractivity contribution >= 4 is 6.09 Å². The standard InChI is InChI=1S/C17H23NO3/c1-12-9-17(11-18(12)15(19)21-16(2,3)4)14-8-6-5-7-13(14)10-20-17/h5-8,12H,9-11H2,1-4H3/t12-,17?/m0/s1. The second kappa shape index (κ2) is 4.73. The largest absolute Gasteiger partial charge is 0.444 e. The van der Waals surface area contributed by atoms with E-state index in [1.165, 1.54) is 11.1 Å². The average Bonchev–Trinajstić information content (AvgIpc) is 2.91. The van der Waals surface area contributed by atoms with Crippen LogP contribution in [-0.2, 0) is 21.7 Å². The summed E-state index contributed by atoms with van der Waals surface area (Å²) in [5.74, 6) is 0. The van der Waals surface area contributed by atoms with E-state index in [0.717, 1.165) is 6.42 Å². The highest BCUT2D eigenvalue weighted by molar-refractivity contribution is 5.69. The number of amides is 1. The molecule has 2 aliphatic rings. The van der Waals surface area contributed by atoms with Gasteiger partial charge in [-0.1, -0.05) is 24.3 Å². The van der Waals surface area contributed by atoms with E-state index in [4.69, 9.17) is 9.47 Å². The van der Waals surface area contributed by atoms with Crippen LogP contribution in [0.4, 0.5) is 4.79 Å². The summed E-state index contributed by atoms with van der Waals surface area (Å²) in [7, 11) is 0. The maximum Gasteiger partial charge on any atom is 0.410 e. The Balaban J connectivity index is 1.83. The molecule has 0 radical (unpaired) electrons. The minimum atomic E-state index is -0.471. The molecular weight excluding hydrogens is 266 g/mol. The Morgan fingerprint density at radius 2 is 2.10 bits per heavy atom. The minimum absolute atomic E-state index is 0.117. The summed E-state index contributed by atoms with van der Waals surface area (Å²) in [6, 6.07) is 8.41. The van der Waals surface area contributed by atoms with E-state index in [0.29, 0.717) is 13.2 Å². The van der Waals surface area contributed by atoms with Gasteiger partial charge in [0.1, 0.15) is 11.2 Å². The molecule has 4 heteroatoms.